The molecular weight excluding hydrogens is 163 g/mol. The number of carboxylic acid groups (broad SMARTS) is 1. The van der Waals surface area contributed by atoms with Gasteiger partial charge in [0.1, 0.15) is 0 Å². The molecule has 0 bridgehead atoms. The van der Waals surface area contributed by atoms with Gasteiger partial charge < -0.3 is 9.90 Å². The van der Waals surface area contributed by atoms with Crippen LogP contribution in [0.25, 0.3) is 0 Å². The molecule has 0 spiro atoms. The predicted octanol–water partition coefficient (Wildman–Crippen LogP) is -1.65. The fourth-order valence-electron chi connectivity index (χ4n) is 0.995. The molecule has 2 nitrogen and oxygen atoms in total. The maximum absolute atomic E-state index is 10.3. The Bertz CT molecular complexity index is 115. The van der Waals surface area contributed by atoms with Crippen LogP contribution in [-0.4, -0.2) is 5.97 Å². The minimum Gasteiger partial charge on any atom is -0.550 e. The Labute approximate surface area is 97.0 Å². The van der Waals surface area contributed by atoms with E-state index in [1.165, 1.54) is 12.8 Å². The Morgan fingerprint density at radius 3 is 2.33 bits per heavy atom. The zero-order chi connectivity index (χ0) is 8.69. The molecule has 0 aliphatic rings. The number of unbranched alkanes of at least 4 members (excludes halogenated alkanes) is 3. The molecule has 0 aromatic heterocycles. The van der Waals surface area contributed by atoms with Crippen molar-refractivity contribution in [2.45, 2.75) is 46.0 Å². The minimum atomic E-state index is -0.915. The fourth-order valence-corrected chi connectivity index (χ4v) is 0.995. The minimum absolute atomic E-state index is 0. The van der Waals surface area contributed by atoms with Crippen molar-refractivity contribution >= 4 is 5.97 Å². The smallest absolute Gasteiger partial charge is 0.550 e. The average Bonchev–Trinajstić information content (AvgIpc) is 1.97. The SMILES string of the molecule is CCCCCC[C@H](C)C(=O)[O-].[Na+]. The maximum atomic E-state index is 10.3. The van der Waals surface area contributed by atoms with Crippen molar-refractivity contribution in [3.63, 3.8) is 0 Å². The van der Waals surface area contributed by atoms with Crippen LogP contribution in [0.2, 0.25) is 0 Å². The number of carbonyl (C=O) groups is 1. The molecule has 0 unspecified atom stereocenters. The van der Waals surface area contributed by atoms with Gasteiger partial charge >= 0.3 is 29.6 Å². The molecule has 0 aliphatic heterocycles. The second-order valence-electron chi connectivity index (χ2n) is 3.07. The van der Waals surface area contributed by atoms with Crippen LogP contribution in [-0.2, 0) is 4.79 Å². The Balaban J connectivity index is 0. The number of carbonyl (C=O) groups excluding carboxylic acids is 1. The monoisotopic (exact) mass is 180 g/mol. The molecule has 0 radical (unpaired) electrons. The van der Waals surface area contributed by atoms with Gasteiger partial charge in [0.2, 0.25) is 0 Å². The van der Waals surface area contributed by atoms with E-state index in [1.54, 1.807) is 6.92 Å². The summed E-state index contributed by atoms with van der Waals surface area (Å²) in [6, 6.07) is 0. The quantitative estimate of drug-likeness (QED) is 0.363. The van der Waals surface area contributed by atoms with E-state index in [2.05, 4.69) is 6.92 Å². The molecule has 0 aromatic carbocycles. The molecule has 0 aliphatic carbocycles. The zero-order valence-corrected chi connectivity index (χ0v) is 10.4. The fraction of sp³-hybridized carbons (Fsp3) is 0.889. The summed E-state index contributed by atoms with van der Waals surface area (Å²) < 4.78 is 0. The largest absolute Gasteiger partial charge is 1.00 e. The van der Waals surface area contributed by atoms with E-state index in [1.807, 2.05) is 0 Å². The van der Waals surface area contributed by atoms with Crippen molar-refractivity contribution < 1.29 is 39.5 Å². The molecule has 12 heavy (non-hydrogen) atoms. The van der Waals surface area contributed by atoms with E-state index in [4.69, 9.17) is 0 Å². The normalized spacial score (nSPS) is 11.8. The zero-order valence-electron chi connectivity index (χ0n) is 8.43. The Morgan fingerprint density at radius 2 is 1.92 bits per heavy atom. The topological polar surface area (TPSA) is 40.1 Å². The van der Waals surface area contributed by atoms with Crippen LogP contribution in [0.4, 0.5) is 0 Å². The third kappa shape index (κ3) is 8.57. The van der Waals surface area contributed by atoms with Crippen LogP contribution >= 0.6 is 0 Å². The van der Waals surface area contributed by atoms with Crippen LogP contribution in [0.15, 0.2) is 0 Å². The van der Waals surface area contributed by atoms with Crippen molar-refractivity contribution in [3.05, 3.63) is 0 Å². The molecule has 0 aromatic rings. The summed E-state index contributed by atoms with van der Waals surface area (Å²) in [7, 11) is 0. The molecule has 1 atom stereocenters. The average molecular weight is 180 g/mol. The number of hydrogen-bond acceptors (Lipinski definition) is 2. The van der Waals surface area contributed by atoms with Crippen LogP contribution in [0.1, 0.15) is 46.0 Å². The van der Waals surface area contributed by atoms with Gasteiger partial charge in [-0.1, -0.05) is 39.5 Å². The van der Waals surface area contributed by atoms with Crippen LogP contribution < -0.4 is 34.7 Å². The van der Waals surface area contributed by atoms with Gasteiger partial charge in [-0.2, -0.15) is 0 Å². The van der Waals surface area contributed by atoms with E-state index in [0.29, 0.717) is 0 Å². The molecule has 0 rings (SSSR count). The number of carboxylic acids is 1. The van der Waals surface area contributed by atoms with Gasteiger partial charge in [0.15, 0.2) is 0 Å². The van der Waals surface area contributed by atoms with Gasteiger partial charge in [0.05, 0.1) is 0 Å². The van der Waals surface area contributed by atoms with Crippen LogP contribution in [0.3, 0.4) is 0 Å². The van der Waals surface area contributed by atoms with Gasteiger partial charge in [-0.25, -0.2) is 0 Å². The molecule has 0 N–H and O–H groups in total. The van der Waals surface area contributed by atoms with Crippen molar-refractivity contribution in [3.8, 4) is 0 Å². The second-order valence-corrected chi connectivity index (χ2v) is 3.07. The third-order valence-electron chi connectivity index (χ3n) is 1.89. The molecule has 0 saturated carbocycles. The van der Waals surface area contributed by atoms with E-state index < -0.39 is 5.97 Å². The maximum Gasteiger partial charge on any atom is 1.00 e. The number of rotatable bonds is 6. The molecule has 3 heteroatoms. The summed E-state index contributed by atoms with van der Waals surface area (Å²) in [6.45, 7) is 3.85. The first-order valence-corrected chi connectivity index (χ1v) is 4.39. The van der Waals surface area contributed by atoms with E-state index in [-0.39, 0.29) is 35.5 Å². The first-order chi connectivity index (χ1) is 5.18. The molecular formula is C9H17NaO2. The Kier molecular flexibility index (Phi) is 11.9. The summed E-state index contributed by atoms with van der Waals surface area (Å²) >= 11 is 0. The molecule has 0 heterocycles. The van der Waals surface area contributed by atoms with E-state index >= 15 is 0 Å². The molecule has 66 valence electrons. The van der Waals surface area contributed by atoms with Crippen molar-refractivity contribution in [1.82, 2.24) is 0 Å². The summed E-state index contributed by atoms with van der Waals surface area (Å²) in [5.74, 6) is -1.19. The van der Waals surface area contributed by atoms with Crippen molar-refractivity contribution in [2.75, 3.05) is 0 Å². The number of aliphatic carboxylic acids is 1. The van der Waals surface area contributed by atoms with E-state index in [0.717, 1.165) is 19.3 Å². The number of hydrogen-bond donors (Lipinski definition) is 0. The van der Waals surface area contributed by atoms with Crippen LogP contribution in [0, 0.1) is 5.92 Å². The van der Waals surface area contributed by atoms with Gasteiger partial charge in [-0.3, -0.25) is 0 Å². The summed E-state index contributed by atoms with van der Waals surface area (Å²) in [5.41, 5.74) is 0. The van der Waals surface area contributed by atoms with Gasteiger partial charge in [0.25, 0.3) is 0 Å². The van der Waals surface area contributed by atoms with Crippen molar-refractivity contribution in [1.29, 1.82) is 0 Å². The van der Waals surface area contributed by atoms with Gasteiger partial charge in [-0.05, 0) is 12.3 Å². The van der Waals surface area contributed by atoms with E-state index in [9.17, 15) is 9.90 Å². The van der Waals surface area contributed by atoms with Gasteiger partial charge in [0, 0.05) is 5.97 Å². The molecule has 0 saturated heterocycles. The summed E-state index contributed by atoms with van der Waals surface area (Å²) in [5, 5.41) is 10.3. The molecule has 0 amide bonds. The van der Waals surface area contributed by atoms with Crippen molar-refractivity contribution in [2.24, 2.45) is 5.92 Å². The second kappa shape index (κ2) is 9.56. The first-order valence-electron chi connectivity index (χ1n) is 4.39. The Morgan fingerprint density at radius 1 is 1.33 bits per heavy atom. The third-order valence-corrected chi connectivity index (χ3v) is 1.89. The predicted molar refractivity (Wildman–Crippen MR) is 42.9 cm³/mol. The van der Waals surface area contributed by atoms with Crippen LogP contribution in [0.5, 0.6) is 0 Å². The summed E-state index contributed by atoms with van der Waals surface area (Å²) in [6.07, 6.45) is 5.33. The van der Waals surface area contributed by atoms with Gasteiger partial charge in [-0.15, -0.1) is 0 Å². The summed E-state index contributed by atoms with van der Waals surface area (Å²) in [4.78, 5) is 10.3. The first kappa shape index (κ1) is 15.0. The molecule has 0 fully saturated rings. The standard InChI is InChI=1S/C9H18O2.Na/c1-3-4-5-6-7-8(2)9(10)11;/h8H,3-7H2,1-2H3,(H,10,11);/q;+1/p-1/t8-;/m0./s1. The Hall–Kier alpha value is 0.470.